The van der Waals surface area contributed by atoms with Gasteiger partial charge >= 0.3 is 12.2 Å². The molecule has 0 unspecified atom stereocenters. The number of unbranched alkanes of at least 4 members (excludes halogenated alkanes) is 6. The van der Waals surface area contributed by atoms with E-state index < -0.39 is 21.2 Å². The van der Waals surface area contributed by atoms with Gasteiger partial charge in [0.1, 0.15) is 0 Å². The number of hydrogen-bond donors (Lipinski definition) is 2. The van der Waals surface area contributed by atoms with Crippen LogP contribution in [0.3, 0.4) is 0 Å². The van der Waals surface area contributed by atoms with E-state index in [2.05, 4.69) is 24.5 Å². The molecule has 21 heavy (non-hydrogen) atoms. The summed E-state index contributed by atoms with van der Waals surface area (Å²) >= 11 is 0. The van der Waals surface area contributed by atoms with E-state index in [9.17, 15) is 9.59 Å². The first-order valence-electron chi connectivity index (χ1n) is 7.85. The van der Waals surface area contributed by atoms with Crippen LogP contribution in [0.5, 0.6) is 0 Å². The summed E-state index contributed by atoms with van der Waals surface area (Å²) in [5.74, 6) is 0. The number of carbonyl (C=O) groups excluding carboxylic acids is 2. The molecule has 0 aromatic heterocycles. The van der Waals surface area contributed by atoms with Gasteiger partial charge in [0.2, 0.25) is 0 Å². The van der Waals surface area contributed by atoms with Gasteiger partial charge in [0.25, 0.3) is 9.03 Å². The fraction of sp³-hybridized carbons (Fsp3) is 0.857. The number of nitrogens with one attached hydrogen (secondary N) is 2. The lowest BCUT2D eigenvalue weighted by molar-refractivity contribution is 0.190. The molecule has 0 atom stereocenters. The standard InChI is InChI=1S/C14H29N2O4P/c1-3-5-7-9-11-15-13(17)19-21-20-14(18)16-12-10-8-6-4-2/h21H,3-12H2,1-2H3,(H,15,17)(H,16,18). The third kappa shape index (κ3) is 15.2. The average molecular weight is 320 g/mol. The minimum absolute atomic E-state index is 0.541. The van der Waals surface area contributed by atoms with Crippen molar-refractivity contribution in [1.82, 2.24) is 10.6 Å². The van der Waals surface area contributed by atoms with Crippen LogP contribution in [0.4, 0.5) is 9.59 Å². The molecule has 7 heteroatoms. The molecular weight excluding hydrogens is 291 g/mol. The van der Waals surface area contributed by atoms with Crippen LogP contribution in [0.1, 0.15) is 65.2 Å². The van der Waals surface area contributed by atoms with E-state index in [1.807, 2.05) is 0 Å². The van der Waals surface area contributed by atoms with Crippen molar-refractivity contribution in [2.45, 2.75) is 65.2 Å². The maximum atomic E-state index is 11.3. The van der Waals surface area contributed by atoms with Crippen molar-refractivity contribution in [3.05, 3.63) is 0 Å². The Morgan fingerprint density at radius 1 is 0.762 bits per heavy atom. The van der Waals surface area contributed by atoms with Crippen molar-refractivity contribution in [3.63, 3.8) is 0 Å². The summed E-state index contributed by atoms with van der Waals surface area (Å²) in [6, 6.07) is 0. The summed E-state index contributed by atoms with van der Waals surface area (Å²) < 4.78 is 9.52. The van der Waals surface area contributed by atoms with E-state index >= 15 is 0 Å². The Morgan fingerprint density at radius 2 is 1.19 bits per heavy atom. The fourth-order valence-electron chi connectivity index (χ4n) is 1.65. The molecule has 0 aliphatic rings. The largest absolute Gasteiger partial charge is 0.412 e. The van der Waals surface area contributed by atoms with Crippen LogP contribution < -0.4 is 10.6 Å². The van der Waals surface area contributed by atoms with Gasteiger partial charge in [-0.15, -0.1) is 0 Å². The van der Waals surface area contributed by atoms with Crippen molar-refractivity contribution in [2.24, 2.45) is 0 Å². The molecule has 0 aromatic carbocycles. The molecule has 0 bridgehead atoms. The molecule has 0 saturated carbocycles. The Morgan fingerprint density at radius 3 is 1.57 bits per heavy atom. The second-order valence-corrected chi connectivity index (χ2v) is 5.41. The van der Waals surface area contributed by atoms with E-state index in [1.165, 1.54) is 12.8 Å². The monoisotopic (exact) mass is 320 g/mol. The first kappa shape index (κ1) is 20.0. The lowest BCUT2D eigenvalue weighted by Crippen LogP contribution is -2.25. The summed E-state index contributed by atoms with van der Waals surface area (Å²) in [6.07, 6.45) is 7.63. The zero-order valence-corrected chi connectivity index (χ0v) is 14.2. The van der Waals surface area contributed by atoms with Crippen molar-refractivity contribution >= 4 is 21.2 Å². The Kier molecular flexibility index (Phi) is 14.6. The number of hydrogen-bond acceptors (Lipinski definition) is 4. The molecule has 0 radical (unpaired) electrons. The van der Waals surface area contributed by atoms with Gasteiger partial charge in [-0.1, -0.05) is 52.4 Å². The van der Waals surface area contributed by atoms with Crippen LogP contribution in [-0.4, -0.2) is 25.3 Å². The number of amides is 2. The molecule has 6 nitrogen and oxygen atoms in total. The van der Waals surface area contributed by atoms with Gasteiger partial charge in [0.05, 0.1) is 0 Å². The van der Waals surface area contributed by atoms with Crippen LogP contribution in [0.25, 0.3) is 0 Å². The highest BCUT2D eigenvalue weighted by Gasteiger charge is 2.05. The van der Waals surface area contributed by atoms with Gasteiger partial charge in [0, 0.05) is 13.1 Å². The molecule has 0 fully saturated rings. The highest BCUT2D eigenvalue weighted by molar-refractivity contribution is 7.27. The Bertz CT molecular complexity index is 252. The molecule has 0 aliphatic carbocycles. The number of rotatable bonds is 12. The van der Waals surface area contributed by atoms with E-state index in [1.54, 1.807) is 0 Å². The Labute approximate surface area is 129 Å². The minimum atomic E-state index is -0.607. The van der Waals surface area contributed by atoms with Crippen molar-refractivity contribution in [1.29, 1.82) is 0 Å². The summed E-state index contributed by atoms with van der Waals surface area (Å²) in [5.41, 5.74) is 0. The van der Waals surface area contributed by atoms with Crippen molar-refractivity contribution < 1.29 is 18.6 Å². The Hall–Kier alpha value is -1.03. The van der Waals surface area contributed by atoms with Crippen LogP contribution in [0.15, 0.2) is 0 Å². The highest BCUT2D eigenvalue weighted by atomic mass is 31.1. The summed E-state index contributed by atoms with van der Waals surface area (Å²) in [6.45, 7) is 5.45. The molecule has 0 spiro atoms. The van der Waals surface area contributed by atoms with E-state index in [-0.39, 0.29) is 0 Å². The van der Waals surface area contributed by atoms with Crippen LogP contribution >= 0.6 is 9.03 Å². The average Bonchev–Trinajstić information content (AvgIpc) is 2.47. The van der Waals surface area contributed by atoms with Gasteiger partial charge < -0.3 is 19.7 Å². The van der Waals surface area contributed by atoms with Crippen LogP contribution in [0, 0.1) is 0 Å². The van der Waals surface area contributed by atoms with E-state index in [4.69, 9.17) is 9.05 Å². The smallest absolute Gasteiger partial charge is 0.392 e. The van der Waals surface area contributed by atoms with Gasteiger partial charge in [-0.05, 0) is 12.8 Å². The van der Waals surface area contributed by atoms with E-state index in [0.29, 0.717) is 13.1 Å². The molecule has 0 rings (SSSR count). The minimum Gasteiger partial charge on any atom is -0.392 e. The fourth-order valence-corrected chi connectivity index (χ4v) is 1.99. The lowest BCUT2D eigenvalue weighted by Gasteiger charge is -2.07. The summed E-state index contributed by atoms with van der Waals surface area (Å²) in [7, 11) is -0.607. The molecule has 0 aliphatic heterocycles. The Balaban J connectivity index is 3.34. The maximum Gasteiger partial charge on any atom is 0.412 e. The molecule has 0 saturated heterocycles. The molecule has 0 aromatic rings. The molecule has 2 N–H and O–H groups in total. The first-order valence-corrected chi connectivity index (χ1v) is 8.66. The predicted octanol–water partition coefficient (Wildman–Crippen LogP) is 4.11. The quantitative estimate of drug-likeness (QED) is 0.419. The molecule has 2 amide bonds. The third-order valence-corrected chi connectivity index (χ3v) is 3.41. The second kappa shape index (κ2) is 15.4. The zero-order valence-electron chi connectivity index (χ0n) is 13.2. The highest BCUT2D eigenvalue weighted by Crippen LogP contribution is 2.13. The molecular formula is C14H29N2O4P. The van der Waals surface area contributed by atoms with Gasteiger partial charge in [-0.25, -0.2) is 9.59 Å². The molecule has 124 valence electrons. The van der Waals surface area contributed by atoms with Gasteiger partial charge in [0.15, 0.2) is 0 Å². The zero-order chi connectivity index (χ0) is 15.8. The second-order valence-electron chi connectivity index (χ2n) is 4.84. The third-order valence-electron chi connectivity index (χ3n) is 2.87. The number of carbonyl (C=O) groups is 2. The predicted molar refractivity (Wildman–Crippen MR) is 85.6 cm³/mol. The van der Waals surface area contributed by atoms with Crippen LogP contribution in [0.2, 0.25) is 0 Å². The lowest BCUT2D eigenvalue weighted by atomic mass is 10.2. The summed E-state index contributed by atoms with van der Waals surface area (Å²) in [4.78, 5) is 22.5. The van der Waals surface area contributed by atoms with Gasteiger partial charge in [-0.3, -0.25) is 0 Å². The summed E-state index contributed by atoms with van der Waals surface area (Å²) in [5, 5.41) is 5.23. The van der Waals surface area contributed by atoms with Crippen LogP contribution in [-0.2, 0) is 9.05 Å². The molecule has 0 heterocycles. The van der Waals surface area contributed by atoms with Crippen molar-refractivity contribution in [3.8, 4) is 0 Å². The maximum absolute atomic E-state index is 11.3. The first-order chi connectivity index (χ1) is 10.2. The van der Waals surface area contributed by atoms with Crippen molar-refractivity contribution in [2.75, 3.05) is 13.1 Å². The normalized spacial score (nSPS) is 10.0. The van der Waals surface area contributed by atoms with E-state index in [0.717, 1.165) is 38.5 Å². The SMILES string of the molecule is CCCCCCNC(=O)OPOC(=O)NCCCCCC. The van der Waals surface area contributed by atoms with Gasteiger partial charge in [-0.2, -0.15) is 0 Å². The topological polar surface area (TPSA) is 76.7 Å².